The molecule has 0 amide bonds. The summed E-state index contributed by atoms with van der Waals surface area (Å²) in [6, 6.07) is 0. The molecule has 78 heavy (non-hydrogen) atoms. The summed E-state index contributed by atoms with van der Waals surface area (Å²) >= 11 is 0. The second-order valence-corrected chi connectivity index (χ2v) is 22.3. The van der Waals surface area contributed by atoms with Gasteiger partial charge >= 0.3 is 25.7 Å². The van der Waals surface area contributed by atoms with E-state index < -0.39 is 57.8 Å². The normalized spacial score (nSPS) is 13.9. The molecule has 0 aliphatic rings. The van der Waals surface area contributed by atoms with E-state index in [-0.39, 0.29) is 25.9 Å². The second-order valence-electron chi connectivity index (χ2n) is 20.8. The Labute approximate surface area is 477 Å². The first-order valence-electron chi connectivity index (χ1n) is 31.5. The fraction of sp³-hybridized carbons (Fsp3) is 0.742. The number of phosphoric ester groups is 1. The molecule has 0 saturated carbocycles. The minimum Gasteiger partial charge on any atom is -0.462 e. The van der Waals surface area contributed by atoms with Crippen LogP contribution in [0.25, 0.3) is 0 Å². The molecule has 0 aromatic carbocycles. The summed E-state index contributed by atoms with van der Waals surface area (Å²) in [5, 5.41) is 9.85. The molecule has 3 unspecified atom stereocenters. The van der Waals surface area contributed by atoms with E-state index in [2.05, 4.69) is 93.7 Å². The van der Waals surface area contributed by atoms with Crippen molar-refractivity contribution in [2.45, 2.75) is 290 Å². The zero-order valence-corrected chi connectivity index (χ0v) is 50.8. The lowest BCUT2D eigenvalue weighted by Crippen LogP contribution is -2.30. The third-order valence-corrected chi connectivity index (χ3v) is 14.3. The van der Waals surface area contributed by atoms with E-state index in [1.807, 2.05) is 12.2 Å². The van der Waals surface area contributed by atoms with E-state index in [4.69, 9.17) is 23.3 Å². The van der Waals surface area contributed by atoms with Gasteiger partial charge in [0.2, 0.25) is 0 Å². The number of rotatable bonds is 58. The van der Waals surface area contributed by atoms with Crippen molar-refractivity contribution in [3.8, 4) is 0 Å². The van der Waals surface area contributed by atoms with Crippen LogP contribution < -0.4 is 0 Å². The van der Waals surface area contributed by atoms with Gasteiger partial charge in [-0.25, -0.2) is 4.57 Å². The van der Waals surface area contributed by atoms with E-state index in [1.54, 1.807) is 0 Å². The van der Waals surface area contributed by atoms with Crippen molar-refractivity contribution in [3.63, 3.8) is 0 Å². The van der Waals surface area contributed by atoms with Crippen LogP contribution in [-0.2, 0) is 42.2 Å². The van der Waals surface area contributed by atoms with Gasteiger partial charge in [-0.2, -0.15) is 0 Å². The molecule has 0 aliphatic heterocycles. The summed E-state index contributed by atoms with van der Waals surface area (Å²) < 4.78 is 39.5. The maximum Gasteiger partial charge on any atom is 0.472 e. The molecule has 0 saturated heterocycles. The smallest absolute Gasteiger partial charge is 0.462 e. The number of esters is 3. The van der Waals surface area contributed by atoms with Crippen LogP contribution in [0, 0.1) is 0 Å². The van der Waals surface area contributed by atoms with Gasteiger partial charge in [-0.1, -0.05) is 260 Å². The molecule has 0 rings (SSSR count). The molecule has 0 aliphatic carbocycles. The van der Waals surface area contributed by atoms with Crippen LogP contribution in [0.15, 0.2) is 85.1 Å². The molecule has 0 spiro atoms. The quantitative estimate of drug-likeness (QED) is 0.0197. The first-order valence-corrected chi connectivity index (χ1v) is 33.0. The molecule has 0 radical (unpaired) electrons. The maximum atomic E-state index is 12.9. The van der Waals surface area contributed by atoms with Gasteiger partial charge in [0.25, 0.3) is 0 Å². The minimum atomic E-state index is -4.77. The van der Waals surface area contributed by atoms with Crippen molar-refractivity contribution in [2.75, 3.05) is 26.4 Å². The number of carbonyl (C=O) groups excluding carboxylic acids is 3. The average molecular weight is 1120 g/mol. The largest absolute Gasteiger partial charge is 0.472 e. The lowest BCUT2D eigenvalue weighted by molar-refractivity contribution is -0.161. The van der Waals surface area contributed by atoms with Gasteiger partial charge in [0.05, 0.1) is 19.8 Å². The van der Waals surface area contributed by atoms with E-state index in [0.29, 0.717) is 19.3 Å². The lowest BCUT2D eigenvalue weighted by Gasteiger charge is -2.21. The monoisotopic (exact) mass is 1110 g/mol. The van der Waals surface area contributed by atoms with Crippen molar-refractivity contribution >= 4 is 25.7 Å². The number of aliphatic hydroxyl groups is 1. The van der Waals surface area contributed by atoms with E-state index in [0.717, 1.165) is 77.0 Å². The third kappa shape index (κ3) is 57.3. The van der Waals surface area contributed by atoms with Crippen LogP contribution in [0.4, 0.5) is 0 Å². The van der Waals surface area contributed by atoms with Crippen LogP contribution in [0.5, 0.6) is 0 Å². The molecule has 3 atom stereocenters. The molecule has 450 valence electrons. The topological polar surface area (TPSA) is 155 Å². The van der Waals surface area contributed by atoms with Crippen molar-refractivity contribution in [1.82, 2.24) is 0 Å². The molecule has 0 aromatic rings. The van der Waals surface area contributed by atoms with Gasteiger partial charge in [-0.05, 0) is 83.5 Å². The third-order valence-electron chi connectivity index (χ3n) is 13.3. The number of unbranched alkanes of at least 4 members (excludes halogenated alkanes) is 27. The highest BCUT2D eigenvalue weighted by Crippen LogP contribution is 2.43. The Morgan fingerprint density at radius 2 is 0.692 bits per heavy atom. The SMILES string of the molecule is CC/C=C\C/C=C\C/C=C\C/C=C\C/C=C\C/C=C\CCC(=O)OC(COC(=O)CCCCCCCCCCCCCCC)COP(=O)(O)OCC(CO)OC(=O)CCCCCCCCCCC/C=C\CCCCCCCC. The van der Waals surface area contributed by atoms with Crippen LogP contribution in [0.2, 0.25) is 0 Å². The van der Waals surface area contributed by atoms with Gasteiger partial charge in [0.15, 0.2) is 6.10 Å². The molecule has 2 N–H and O–H groups in total. The average Bonchev–Trinajstić information content (AvgIpc) is 3.43. The van der Waals surface area contributed by atoms with E-state index in [9.17, 15) is 28.9 Å². The van der Waals surface area contributed by atoms with Gasteiger partial charge < -0.3 is 24.2 Å². The van der Waals surface area contributed by atoms with Gasteiger partial charge in [-0.3, -0.25) is 23.4 Å². The zero-order chi connectivity index (χ0) is 56.9. The molecule has 0 bridgehead atoms. The molecular weight excluding hydrogens is 1000 g/mol. The number of hydrogen-bond donors (Lipinski definition) is 2. The van der Waals surface area contributed by atoms with Crippen molar-refractivity contribution in [1.29, 1.82) is 0 Å². The predicted molar refractivity (Wildman–Crippen MR) is 325 cm³/mol. The minimum absolute atomic E-state index is 0.0419. The molecule has 12 heteroatoms. The molecule has 0 fully saturated rings. The first kappa shape index (κ1) is 74.7. The fourth-order valence-corrected chi connectivity index (χ4v) is 9.34. The Morgan fingerprint density at radius 3 is 1.10 bits per heavy atom. The zero-order valence-electron chi connectivity index (χ0n) is 49.9. The van der Waals surface area contributed by atoms with Gasteiger partial charge in [0, 0.05) is 19.3 Å². The van der Waals surface area contributed by atoms with Crippen LogP contribution in [0.3, 0.4) is 0 Å². The Kier molecular flexibility index (Phi) is 57.2. The molecule has 11 nitrogen and oxygen atoms in total. The highest BCUT2D eigenvalue weighted by molar-refractivity contribution is 7.47. The summed E-state index contributed by atoms with van der Waals surface area (Å²) in [5.41, 5.74) is 0. The van der Waals surface area contributed by atoms with Crippen molar-refractivity contribution < 1.29 is 52.2 Å². The number of ether oxygens (including phenoxy) is 3. The van der Waals surface area contributed by atoms with Crippen LogP contribution in [-0.4, -0.2) is 66.5 Å². The number of phosphoric acid groups is 1. The Balaban J connectivity index is 4.74. The van der Waals surface area contributed by atoms with E-state index in [1.165, 1.54) is 141 Å². The summed E-state index contributed by atoms with van der Waals surface area (Å²) in [6.07, 6.45) is 69.8. The summed E-state index contributed by atoms with van der Waals surface area (Å²) in [4.78, 5) is 48.6. The maximum absolute atomic E-state index is 12.9. The Bertz CT molecular complexity index is 1630. The number of hydrogen-bond acceptors (Lipinski definition) is 10. The first-order chi connectivity index (χ1) is 38.2. The summed E-state index contributed by atoms with van der Waals surface area (Å²) in [5.74, 6) is -1.56. The number of aliphatic hydroxyl groups excluding tert-OH is 1. The lowest BCUT2D eigenvalue weighted by atomic mass is 10.0. The fourth-order valence-electron chi connectivity index (χ4n) is 8.55. The predicted octanol–water partition coefficient (Wildman–Crippen LogP) is 19.0. The van der Waals surface area contributed by atoms with Crippen LogP contribution in [0.1, 0.15) is 278 Å². The second kappa shape index (κ2) is 59.8. The Hall–Kier alpha value is -3.34. The van der Waals surface area contributed by atoms with Crippen molar-refractivity contribution in [3.05, 3.63) is 85.1 Å². The molecule has 0 aromatic heterocycles. The summed E-state index contributed by atoms with van der Waals surface area (Å²) in [6.45, 7) is 4.47. The van der Waals surface area contributed by atoms with Crippen LogP contribution >= 0.6 is 7.82 Å². The number of allylic oxidation sites excluding steroid dienone is 14. The Morgan fingerprint density at radius 1 is 0.372 bits per heavy atom. The van der Waals surface area contributed by atoms with Crippen molar-refractivity contribution in [2.24, 2.45) is 0 Å². The highest BCUT2D eigenvalue weighted by Gasteiger charge is 2.28. The molecule has 0 heterocycles. The standard InChI is InChI=1S/C66H115O11P/c1-4-7-10-13-16-19-22-25-27-29-31-33-35-38-41-44-47-50-53-56-65(69)76-62(58-67)60-74-78(71,72)75-61-63(59-73-64(68)55-52-49-46-43-40-37-24-21-18-15-12-9-6-3)77-66(70)57-54-51-48-45-42-39-36-34-32-30-28-26-23-20-17-14-11-8-5-2/h8,11,17,20,25-28,32,34,39,42,48,51,62-63,67H,4-7,9-10,12-16,18-19,21-24,29-31,33,35-38,40-41,43-47,49-50,52-61H2,1-3H3,(H,71,72)/b11-8-,20-17-,27-25-,28-26-,34-32-,42-39-,51-48-. The van der Waals surface area contributed by atoms with Gasteiger partial charge in [-0.15, -0.1) is 0 Å². The van der Waals surface area contributed by atoms with Gasteiger partial charge in [0.1, 0.15) is 12.7 Å². The highest BCUT2D eigenvalue weighted by atomic mass is 31.2. The molecular formula is C66H115O11P. The number of carbonyl (C=O) groups is 3. The summed E-state index contributed by atoms with van der Waals surface area (Å²) in [7, 11) is -4.77. The van der Waals surface area contributed by atoms with E-state index >= 15 is 0 Å².